The van der Waals surface area contributed by atoms with Gasteiger partial charge in [0.25, 0.3) is 5.91 Å². The predicted molar refractivity (Wildman–Crippen MR) is 109 cm³/mol. The van der Waals surface area contributed by atoms with Crippen LogP contribution >= 0.6 is 24.0 Å². The molecular weight excluding hydrogens is 398 g/mol. The van der Waals surface area contributed by atoms with Crippen molar-refractivity contribution in [2.24, 2.45) is 0 Å². The Morgan fingerprint density at radius 2 is 1.89 bits per heavy atom. The van der Waals surface area contributed by atoms with Gasteiger partial charge in [-0.15, -0.1) is 0 Å². The van der Waals surface area contributed by atoms with Crippen molar-refractivity contribution in [3.05, 3.63) is 64.6 Å². The zero-order chi connectivity index (χ0) is 20.3. The van der Waals surface area contributed by atoms with Crippen LogP contribution in [-0.2, 0) is 9.59 Å². The van der Waals surface area contributed by atoms with Crippen LogP contribution in [0.25, 0.3) is 6.08 Å². The molecule has 1 aliphatic heterocycles. The number of methoxy groups -OCH3 is 2. The number of carboxylic acid groups (broad SMARTS) is 1. The second-order valence-corrected chi connectivity index (χ2v) is 7.47. The summed E-state index contributed by atoms with van der Waals surface area (Å²) >= 11 is 6.33. The summed E-state index contributed by atoms with van der Waals surface area (Å²) < 4.78 is 10.7. The van der Waals surface area contributed by atoms with Crippen LogP contribution in [0.15, 0.2) is 53.4 Å². The van der Waals surface area contributed by atoms with E-state index in [0.717, 1.165) is 16.7 Å². The summed E-state index contributed by atoms with van der Waals surface area (Å²) in [6.45, 7) is 0. The van der Waals surface area contributed by atoms with Crippen molar-refractivity contribution in [2.45, 2.75) is 6.04 Å². The third-order valence-corrected chi connectivity index (χ3v) is 5.48. The summed E-state index contributed by atoms with van der Waals surface area (Å²) in [5.41, 5.74) is 1.07. The van der Waals surface area contributed by atoms with E-state index in [2.05, 4.69) is 0 Å². The number of aliphatic carboxylic acids is 1. The standard InChI is InChI=1S/C20H17NO5S2/c1-25-14-9-8-13(15(11-14)26-2)10-16-18(22)21(20(27)28-16)17(19(23)24)12-6-4-3-5-7-12/h3-11,17H,1-2H3,(H,23,24)/p-1/b16-10-/t17-/m1/s1. The molecule has 1 atom stereocenters. The first kappa shape index (κ1) is 19.9. The smallest absolute Gasteiger partial charge is 0.267 e. The van der Waals surface area contributed by atoms with E-state index in [1.165, 1.54) is 7.11 Å². The molecule has 1 heterocycles. The average molecular weight is 414 g/mol. The lowest BCUT2D eigenvalue weighted by molar-refractivity contribution is -0.310. The fourth-order valence-corrected chi connectivity index (χ4v) is 4.11. The van der Waals surface area contributed by atoms with Crippen molar-refractivity contribution in [3.63, 3.8) is 0 Å². The lowest BCUT2D eigenvalue weighted by Crippen LogP contribution is -2.43. The maximum atomic E-state index is 13.0. The van der Waals surface area contributed by atoms with Gasteiger partial charge in [0.2, 0.25) is 0 Å². The van der Waals surface area contributed by atoms with Crippen molar-refractivity contribution in [1.82, 2.24) is 4.90 Å². The van der Waals surface area contributed by atoms with E-state index >= 15 is 0 Å². The number of ether oxygens (including phenoxy) is 2. The molecule has 1 aliphatic rings. The van der Waals surface area contributed by atoms with E-state index in [4.69, 9.17) is 21.7 Å². The highest BCUT2D eigenvalue weighted by Gasteiger charge is 2.38. The van der Waals surface area contributed by atoms with E-state index in [1.54, 1.807) is 61.7 Å². The van der Waals surface area contributed by atoms with Crippen LogP contribution in [0.4, 0.5) is 0 Å². The molecule has 0 aliphatic carbocycles. The minimum Gasteiger partial charge on any atom is -0.547 e. The molecule has 0 aromatic heterocycles. The van der Waals surface area contributed by atoms with Crippen LogP contribution in [0.2, 0.25) is 0 Å². The van der Waals surface area contributed by atoms with Crippen molar-refractivity contribution >= 4 is 46.3 Å². The Hall–Kier alpha value is -2.84. The normalized spacial score (nSPS) is 16.4. The zero-order valence-corrected chi connectivity index (χ0v) is 16.7. The summed E-state index contributed by atoms with van der Waals surface area (Å²) in [5, 5.41) is 11.8. The average Bonchev–Trinajstić information content (AvgIpc) is 2.97. The number of thiocarbonyl (C=S) groups is 1. The highest BCUT2D eigenvalue weighted by atomic mass is 32.2. The number of rotatable bonds is 6. The Kier molecular flexibility index (Phi) is 6.01. The topological polar surface area (TPSA) is 78.9 Å². The highest BCUT2D eigenvalue weighted by Crippen LogP contribution is 2.39. The van der Waals surface area contributed by atoms with E-state index in [1.807, 2.05) is 0 Å². The maximum absolute atomic E-state index is 13.0. The molecule has 0 radical (unpaired) electrons. The molecule has 28 heavy (non-hydrogen) atoms. The van der Waals surface area contributed by atoms with E-state index in [-0.39, 0.29) is 4.32 Å². The zero-order valence-electron chi connectivity index (χ0n) is 15.1. The van der Waals surface area contributed by atoms with Gasteiger partial charge in [-0.25, -0.2) is 0 Å². The molecule has 2 aromatic rings. The van der Waals surface area contributed by atoms with Gasteiger partial charge in [-0.05, 0) is 23.8 Å². The molecule has 0 spiro atoms. The summed E-state index contributed by atoms with van der Waals surface area (Å²) in [6, 6.07) is 12.3. The summed E-state index contributed by atoms with van der Waals surface area (Å²) in [7, 11) is 3.06. The van der Waals surface area contributed by atoms with Crippen LogP contribution in [0.1, 0.15) is 17.2 Å². The van der Waals surface area contributed by atoms with Crippen molar-refractivity contribution in [2.75, 3.05) is 14.2 Å². The van der Waals surface area contributed by atoms with Gasteiger partial charge in [0, 0.05) is 11.6 Å². The minimum atomic E-state index is -1.40. The molecule has 3 rings (SSSR count). The molecule has 0 saturated carbocycles. The number of carbonyl (C=O) groups excluding carboxylic acids is 2. The summed E-state index contributed by atoms with van der Waals surface area (Å²) in [4.78, 5) is 26.1. The Balaban J connectivity index is 1.97. The number of carbonyl (C=O) groups is 2. The van der Waals surface area contributed by atoms with Gasteiger partial charge in [0.1, 0.15) is 21.9 Å². The lowest BCUT2D eigenvalue weighted by Gasteiger charge is -2.27. The van der Waals surface area contributed by atoms with E-state index in [0.29, 0.717) is 27.5 Å². The summed E-state index contributed by atoms with van der Waals surface area (Å²) in [6.07, 6.45) is 1.62. The Morgan fingerprint density at radius 1 is 1.18 bits per heavy atom. The van der Waals surface area contributed by atoms with Crippen LogP contribution in [-0.4, -0.2) is 35.3 Å². The van der Waals surface area contributed by atoms with E-state index < -0.39 is 17.9 Å². The van der Waals surface area contributed by atoms with Crippen LogP contribution in [0.5, 0.6) is 11.5 Å². The molecule has 8 heteroatoms. The van der Waals surface area contributed by atoms with Gasteiger partial charge in [-0.3, -0.25) is 9.69 Å². The molecular formula is C20H16NO5S2-. The lowest BCUT2D eigenvalue weighted by atomic mass is 10.1. The SMILES string of the molecule is COc1ccc(/C=C2\SC(=S)N([C@@H](C(=O)[O-])c3ccccc3)C2=O)c(OC)c1. The van der Waals surface area contributed by atoms with Crippen molar-refractivity contribution in [1.29, 1.82) is 0 Å². The number of nitrogens with zero attached hydrogens (tertiary/aromatic N) is 1. The molecule has 0 bridgehead atoms. The number of benzene rings is 2. The molecule has 2 aromatic carbocycles. The monoisotopic (exact) mass is 414 g/mol. The van der Waals surface area contributed by atoms with Crippen LogP contribution < -0.4 is 14.6 Å². The van der Waals surface area contributed by atoms with Crippen molar-refractivity contribution in [3.8, 4) is 11.5 Å². The first-order chi connectivity index (χ1) is 13.5. The Bertz CT molecular complexity index is 958. The number of amides is 1. The number of carboxylic acids is 1. The van der Waals surface area contributed by atoms with Gasteiger partial charge in [-0.2, -0.15) is 0 Å². The fraction of sp³-hybridized carbons (Fsp3) is 0.150. The molecule has 6 nitrogen and oxygen atoms in total. The van der Waals surface area contributed by atoms with Gasteiger partial charge in [0.05, 0.1) is 25.1 Å². The first-order valence-electron chi connectivity index (χ1n) is 8.21. The van der Waals surface area contributed by atoms with Gasteiger partial charge in [-0.1, -0.05) is 54.3 Å². The third kappa shape index (κ3) is 3.88. The number of thioether (sulfide) groups is 1. The molecule has 144 valence electrons. The largest absolute Gasteiger partial charge is 0.547 e. The minimum absolute atomic E-state index is 0.154. The molecule has 1 saturated heterocycles. The fourth-order valence-electron chi connectivity index (χ4n) is 2.81. The molecule has 0 unspecified atom stereocenters. The number of hydrogen-bond acceptors (Lipinski definition) is 7. The van der Waals surface area contributed by atoms with Crippen LogP contribution in [0, 0.1) is 0 Å². The quantitative estimate of drug-likeness (QED) is 0.530. The third-order valence-electron chi connectivity index (χ3n) is 4.15. The Labute approximate surface area is 171 Å². The van der Waals surface area contributed by atoms with Crippen molar-refractivity contribution < 1.29 is 24.2 Å². The van der Waals surface area contributed by atoms with Gasteiger partial charge < -0.3 is 19.4 Å². The van der Waals surface area contributed by atoms with Gasteiger partial charge in [0.15, 0.2) is 0 Å². The molecule has 1 amide bonds. The second-order valence-electron chi connectivity index (χ2n) is 5.79. The molecule has 1 fully saturated rings. The maximum Gasteiger partial charge on any atom is 0.267 e. The van der Waals surface area contributed by atoms with Gasteiger partial charge >= 0.3 is 0 Å². The second kappa shape index (κ2) is 8.45. The Morgan fingerprint density at radius 3 is 2.50 bits per heavy atom. The molecule has 0 N–H and O–H groups in total. The number of hydrogen-bond donors (Lipinski definition) is 0. The predicted octanol–water partition coefficient (Wildman–Crippen LogP) is 2.40. The highest BCUT2D eigenvalue weighted by molar-refractivity contribution is 8.26. The summed E-state index contributed by atoms with van der Waals surface area (Å²) in [5.74, 6) is -0.761. The van der Waals surface area contributed by atoms with Crippen LogP contribution in [0.3, 0.4) is 0 Å². The van der Waals surface area contributed by atoms with E-state index in [9.17, 15) is 14.7 Å². The first-order valence-corrected chi connectivity index (χ1v) is 9.43.